The van der Waals surface area contributed by atoms with E-state index >= 15 is 0 Å². The van der Waals surface area contributed by atoms with Crippen LogP contribution in [0.2, 0.25) is 0 Å². The maximum atomic E-state index is 12.2. The molecule has 148 valence electrons. The molecule has 1 saturated heterocycles. The molecule has 1 aliphatic rings. The molecule has 2 aromatic rings. The number of amides is 1. The third kappa shape index (κ3) is 5.79. The molecular formula is C21H24N2O5. The topological polar surface area (TPSA) is 97.8 Å². The van der Waals surface area contributed by atoms with Crippen LogP contribution in [0.25, 0.3) is 0 Å². The van der Waals surface area contributed by atoms with Crippen molar-refractivity contribution in [3.05, 3.63) is 59.3 Å². The Labute approximate surface area is 163 Å². The second-order valence-corrected chi connectivity index (χ2v) is 6.67. The average molecular weight is 384 g/mol. The van der Waals surface area contributed by atoms with Crippen molar-refractivity contribution in [3.63, 3.8) is 0 Å². The zero-order chi connectivity index (χ0) is 19.8. The quantitative estimate of drug-likeness (QED) is 0.726. The number of hydrogen-bond donors (Lipinski definition) is 2. The summed E-state index contributed by atoms with van der Waals surface area (Å²) in [5.74, 6) is -0.567. The number of aromatic carboxylic acids is 1. The molecule has 1 aromatic heterocycles. The van der Waals surface area contributed by atoms with Gasteiger partial charge in [0.15, 0.2) is 0 Å². The van der Waals surface area contributed by atoms with Crippen LogP contribution >= 0.6 is 0 Å². The van der Waals surface area contributed by atoms with Crippen molar-refractivity contribution in [1.82, 2.24) is 10.3 Å². The Kier molecular flexibility index (Phi) is 6.97. The van der Waals surface area contributed by atoms with E-state index in [1.54, 1.807) is 30.5 Å². The molecule has 1 fully saturated rings. The van der Waals surface area contributed by atoms with E-state index < -0.39 is 5.97 Å². The highest BCUT2D eigenvalue weighted by atomic mass is 16.5. The summed E-state index contributed by atoms with van der Waals surface area (Å²) in [6.07, 6.45) is 4.07. The van der Waals surface area contributed by atoms with E-state index in [2.05, 4.69) is 10.3 Å². The van der Waals surface area contributed by atoms with Crippen LogP contribution in [0, 0.1) is 0 Å². The normalized spacial score (nSPS) is 14.4. The van der Waals surface area contributed by atoms with Gasteiger partial charge in [0.1, 0.15) is 6.10 Å². The van der Waals surface area contributed by atoms with Crippen LogP contribution in [0.15, 0.2) is 42.6 Å². The summed E-state index contributed by atoms with van der Waals surface area (Å²) in [6, 6.07) is 10.4. The van der Waals surface area contributed by atoms with Crippen molar-refractivity contribution >= 4 is 11.9 Å². The van der Waals surface area contributed by atoms with Gasteiger partial charge >= 0.3 is 5.97 Å². The minimum Gasteiger partial charge on any atom is -0.478 e. The number of carboxylic acid groups (broad SMARTS) is 1. The number of carbonyl (C=O) groups is 2. The number of rotatable bonds is 8. The molecule has 1 amide bonds. The predicted octanol–water partition coefficient (Wildman–Crippen LogP) is 2.59. The van der Waals surface area contributed by atoms with Gasteiger partial charge < -0.3 is 19.9 Å². The molecule has 28 heavy (non-hydrogen) atoms. The lowest BCUT2D eigenvalue weighted by atomic mass is 10.0. The van der Waals surface area contributed by atoms with Gasteiger partial charge in [-0.25, -0.2) is 9.78 Å². The Morgan fingerprint density at radius 3 is 2.79 bits per heavy atom. The van der Waals surface area contributed by atoms with Crippen LogP contribution in [-0.4, -0.2) is 41.3 Å². The first kappa shape index (κ1) is 19.8. The Morgan fingerprint density at radius 1 is 1.21 bits per heavy atom. The molecule has 7 nitrogen and oxygen atoms in total. The van der Waals surface area contributed by atoms with E-state index in [1.807, 2.05) is 12.1 Å². The fourth-order valence-corrected chi connectivity index (χ4v) is 3.07. The molecule has 2 N–H and O–H groups in total. The smallest absolute Gasteiger partial charge is 0.335 e. The number of aromatic nitrogens is 1. The Bertz CT molecular complexity index is 818. The average Bonchev–Trinajstić information content (AvgIpc) is 2.72. The van der Waals surface area contributed by atoms with Crippen molar-refractivity contribution < 1.29 is 24.2 Å². The van der Waals surface area contributed by atoms with E-state index in [0.29, 0.717) is 37.6 Å². The Morgan fingerprint density at radius 2 is 2.00 bits per heavy atom. The molecule has 0 bridgehead atoms. The minimum absolute atomic E-state index is 0.111. The number of carbonyl (C=O) groups excluding carboxylic acids is 1. The molecule has 1 aliphatic heterocycles. The maximum absolute atomic E-state index is 12.2. The summed E-state index contributed by atoms with van der Waals surface area (Å²) in [5.41, 5.74) is 1.79. The first-order valence-electron chi connectivity index (χ1n) is 9.39. The predicted molar refractivity (Wildman–Crippen MR) is 102 cm³/mol. The summed E-state index contributed by atoms with van der Waals surface area (Å²) in [6.45, 7) is 1.77. The highest BCUT2D eigenvalue weighted by Crippen LogP contribution is 2.17. The number of nitrogens with zero attached hydrogens (tertiary/aromatic N) is 1. The van der Waals surface area contributed by atoms with Crippen LogP contribution in [-0.2, 0) is 22.5 Å². The standard InChI is InChI=1S/C21H24N2O5/c24-19(6-5-16-3-1-2-4-18(16)21(25)26)23-14-15-7-10-22-20(13-15)28-17-8-11-27-12-9-17/h1-4,7,10,13,17H,5-6,8-9,11-12,14H2,(H,23,24)(H,25,26). The highest BCUT2D eigenvalue weighted by molar-refractivity contribution is 5.89. The number of nitrogens with one attached hydrogen (secondary N) is 1. The van der Waals surface area contributed by atoms with Gasteiger partial charge in [0.25, 0.3) is 0 Å². The SMILES string of the molecule is O=C(CCc1ccccc1C(=O)O)NCc1ccnc(OC2CCOCC2)c1. The molecule has 0 unspecified atom stereocenters. The summed E-state index contributed by atoms with van der Waals surface area (Å²) >= 11 is 0. The monoisotopic (exact) mass is 384 g/mol. The summed E-state index contributed by atoms with van der Waals surface area (Å²) in [7, 11) is 0. The van der Waals surface area contributed by atoms with Crippen LogP contribution < -0.4 is 10.1 Å². The van der Waals surface area contributed by atoms with Crippen molar-refractivity contribution in [2.24, 2.45) is 0 Å². The Balaban J connectivity index is 1.48. The maximum Gasteiger partial charge on any atom is 0.335 e. The van der Waals surface area contributed by atoms with Gasteiger partial charge in [0, 0.05) is 38.1 Å². The van der Waals surface area contributed by atoms with Crippen molar-refractivity contribution in [2.75, 3.05) is 13.2 Å². The third-order valence-corrected chi connectivity index (χ3v) is 4.61. The number of aryl methyl sites for hydroxylation is 1. The number of ether oxygens (including phenoxy) is 2. The fourth-order valence-electron chi connectivity index (χ4n) is 3.07. The van der Waals surface area contributed by atoms with Crippen LogP contribution in [0.5, 0.6) is 5.88 Å². The molecule has 7 heteroatoms. The van der Waals surface area contributed by atoms with E-state index in [0.717, 1.165) is 18.4 Å². The molecule has 0 atom stereocenters. The molecule has 2 heterocycles. The lowest BCUT2D eigenvalue weighted by molar-refractivity contribution is -0.121. The van der Waals surface area contributed by atoms with Gasteiger partial charge in [-0.3, -0.25) is 4.79 Å². The zero-order valence-electron chi connectivity index (χ0n) is 15.6. The van der Waals surface area contributed by atoms with Crippen molar-refractivity contribution in [3.8, 4) is 5.88 Å². The molecule has 3 rings (SSSR count). The lowest BCUT2D eigenvalue weighted by Crippen LogP contribution is -2.26. The Hall–Kier alpha value is -2.93. The number of carboxylic acids is 1. The molecular weight excluding hydrogens is 360 g/mol. The minimum atomic E-state index is -0.982. The molecule has 1 aromatic carbocycles. The van der Waals surface area contributed by atoms with Crippen LogP contribution in [0.4, 0.5) is 0 Å². The lowest BCUT2D eigenvalue weighted by Gasteiger charge is -2.22. The van der Waals surface area contributed by atoms with Crippen molar-refractivity contribution in [1.29, 1.82) is 0 Å². The van der Waals surface area contributed by atoms with Gasteiger partial charge in [-0.05, 0) is 29.7 Å². The summed E-state index contributed by atoms with van der Waals surface area (Å²) in [5, 5.41) is 12.1. The number of pyridine rings is 1. The fraction of sp³-hybridized carbons (Fsp3) is 0.381. The van der Waals surface area contributed by atoms with Gasteiger partial charge in [-0.1, -0.05) is 18.2 Å². The molecule has 0 radical (unpaired) electrons. The van der Waals surface area contributed by atoms with E-state index in [1.165, 1.54) is 0 Å². The van der Waals surface area contributed by atoms with Crippen molar-refractivity contribution in [2.45, 2.75) is 38.3 Å². The molecule has 0 saturated carbocycles. The van der Waals surface area contributed by atoms with Gasteiger partial charge in [0.05, 0.1) is 18.8 Å². The number of benzene rings is 1. The zero-order valence-corrected chi connectivity index (χ0v) is 15.6. The first-order chi connectivity index (χ1) is 13.6. The van der Waals surface area contributed by atoms with Gasteiger partial charge in [0.2, 0.25) is 11.8 Å². The van der Waals surface area contributed by atoms with E-state index in [-0.39, 0.29) is 24.0 Å². The highest BCUT2D eigenvalue weighted by Gasteiger charge is 2.16. The summed E-state index contributed by atoms with van der Waals surface area (Å²) < 4.78 is 11.2. The molecule has 0 aliphatic carbocycles. The number of hydrogen-bond acceptors (Lipinski definition) is 5. The second kappa shape index (κ2) is 9.85. The van der Waals surface area contributed by atoms with Crippen LogP contribution in [0.3, 0.4) is 0 Å². The van der Waals surface area contributed by atoms with E-state index in [9.17, 15) is 14.7 Å². The van der Waals surface area contributed by atoms with Gasteiger partial charge in [-0.2, -0.15) is 0 Å². The van der Waals surface area contributed by atoms with Gasteiger partial charge in [-0.15, -0.1) is 0 Å². The molecule has 0 spiro atoms. The van der Waals surface area contributed by atoms with Crippen LogP contribution in [0.1, 0.15) is 40.7 Å². The van der Waals surface area contributed by atoms with E-state index in [4.69, 9.17) is 9.47 Å². The third-order valence-electron chi connectivity index (χ3n) is 4.61. The first-order valence-corrected chi connectivity index (χ1v) is 9.39. The second-order valence-electron chi connectivity index (χ2n) is 6.67. The largest absolute Gasteiger partial charge is 0.478 e. The summed E-state index contributed by atoms with van der Waals surface area (Å²) in [4.78, 5) is 27.6.